The van der Waals surface area contributed by atoms with E-state index >= 15 is 0 Å². The third-order valence-corrected chi connectivity index (χ3v) is 3.01. The van der Waals surface area contributed by atoms with Crippen molar-refractivity contribution in [1.82, 2.24) is 15.3 Å². The van der Waals surface area contributed by atoms with Gasteiger partial charge in [-0.25, -0.2) is 9.97 Å². The lowest BCUT2D eigenvalue weighted by molar-refractivity contribution is 0.0956. The maximum atomic E-state index is 11.6. The molecule has 0 aliphatic heterocycles. The molecule has 0 saturated carbocycles. The Bertz CT molecular complexity index is 524. The van der Waals surface area contributed by atoms with Crippen molar-refractivity contribution in [3.05, 3.63) is 29.3 Å². The van der Waals surface area contributed by atoms with Crippen molar-refractivity contribution in [1.29, 1.82) is 0 Å². The van der Waals surface area contributed by atoms with Gasteiger partial charge in [0.15, 0.2) is 5.82 Å². The van der Waals surface area contributed by atoms with Gasteiger partial charge in [-0.05, 0) is 18.4 Å². The zero-order chi connectivity index (χ0) is 12.3. The van der Waals surface area contributed by atoms with E-state index in [0.717, 1.165) is 4.88 Å². The van der Waals surface area contributed by atoms with Gasteiger partial charge in [0.05, 0.1) is 10.4 Å². The molecule has 17 heavy (non-hydrogen) atoms. The zero-order valence-electron chi connectivity index (χ0n) is 9.30. The van der Waals surface area contributed by atoms with Crippen molar-refractivity contribution in [3.8, 4) is 10.7 Å². The molecular formula is C11H12N4OS. The molecule has 6 heteroatoms. The molecule has 2 aromatic rings. The van der Waals surface area contributed by atoms with Crippen LogP contribution in [0.1, 0.15) is 17.3 Å². The van der Waals surface area contributed by atoms with Crippen molar-refractivity contribution in [2.75, 3.05) is 12.3 Å². The zero-order valence-corrected chi connectivity index (χ0v) is 10.1. The van der Waals surface area contributed by atoms with E-state index in [9.17, 15) is 4.79 Å². The monoisotopic (exact) mass is 248 g/mol. The highest BCUT2D eigenvalue weighted by Crippen LogP contribution is 2.22. The van der Waals surface area contributed by atoms with Crippen LogP contribution >= 0.6 is 11.3 Å². The van der Waals surface area contributed by atoms with Crippen LogP contribution in [0.2, 0.25) is 0 Å². The van der Waals surface area contributed by atoms with Crippen LogP contribution < -0.4 is 11.1 Å². The predicted molar refractivity (Wildman–Crippen MR) is 67.8 cm³/mol. The number of thiophene rings is 1. The highest BCUT2D eigenvalue weighted by atomic mass is 32.1. The summed E-state index contributed by atoms with van der Waals surface area (Å²) in [6.45, 7) is 2.39. The number of amides is 1. The van der Waals surface area contributed by atoms with Gasteiger partial charge in [-0.3, -0.25) is 4.79 Å². The summed E-state index contributed by atoms with van der Waals surface area (Å²) >= 11 is 1.53. The van der Waals surface area contributed by atoms with E-state index in [1.165, 1.54) is 17.5 Å². The number of hydrogen-bond donors (Lipinski definition) is 2. The summed E-state index contributed by atoms with van der Waals surface area (Å²) in [7, 11) is 0. The summed E-state index contributed by atoms with van der Waals surface area (Å²) in [6.07, 6.45) is 1.46. The normalized spacial score (nSPS) is 10.2. The molecule has 2 aromatic heterocycles. The number of anilines is 1. The van der Waals surface area contributed by atoms with Gasteiger partial charge >= 0.3 is 0 Å². The molecule has 0 aliphatic carbocycles. The smallest absolute Gasteiger partial charge is 0.256 e. The first-order valence-electron chi connectivity index (χ1n) is 5.17. The second-order valence-corrected chi connectivity index (χ2v) is 4.28. The van der Waals surface area contributed by atoms with Crippen LogP contribution in [-0.4, -0.2) is 22.4 Å². The van der Waals surface area contributed by atoms with Crippen LogP contribution in [0.15, 0.2) is 23.7 Å². The molecule has 2 rings (SSSR count). The first kappa shape index (κ1) is 11.5. The van der Waals surface area contributed by atoms with Gasteiger partial charge in [0.25, 0.3) is 5.91 Å². The van der Waals surface area contributed by atoms with Crippen LogP contribution in [0.5, 0.6) is 0 Å². The minimum Gasteiger partial charge on any atom is -0.383 e. The van der Waals surface area contributed by atoms with E-state index in [-0.39, 0.29) is 11.7 Å². The number of aromatic nitrogens is 2. The molecule has 0 atom stereocenters. The molecule has 2 heterocycles. The minimum atomic E-state index is -0.247. The standard InChI is InChI=1S/C11H12N4OS/c1-2-13-11(16)7-6-14-10(15-9(7)12)8-4-3-5-17-8/h3-6H,2H2,1H3,(H,13,16)(H2,12,14,15). The Kier molecular flexibility index (Phi) is 3.34. The van der Waals surface area contributed by atoms with E-state index in [0.29, 0.717) is 17.9 Å². The van der Waals surface area contributed by atoms with Gasteiger partial charge in [-0.2, -0.15) is 0 Å². The van der Waals surface area contributed by atoms with Crippen LogP contribution in [0.3, 0.4) is 0 Å². The maximum Gasteiger partial charge on any atom is 0.256 e. The fourth-order valence-corrected chi connectivity index (χ4v) is 2.01. The summed E-state index contributed by atoms with van der Waals surface area (Å²) < 4.78 is 0. The average Bonchev–Trinajstić information content (AvgIpc) is 2.82. The lowest BCUT2D eigenvalue weighted by atomic mass is 10.3. The summed E-state index contributed by atoms with van der Waals surface area (Å²) in [6, 6.07) is 3.82. The van der Waals surface area contributed by atoms with Crippen LogP contribution in [0, 0.1) is 0 Å². The number of rotatable bonds is 3. The van der Waals surface area contributed by atoms with Gasteiger partial charge in [0.1, 0.15) is 5.82 Å². The van der Waals surface area contributed by atoms with Crippen molar-refractivity contribution in [2.24, 2.45) is 0 Å². The summed E-state index contributed by atoms with van der Waals surface area (Å²) in [5, 5.41) is 4.60. The van der Waals surface area contributed by atoms with Crippen molar-refractivity contribution >= 4 is 23.1 Å². The predicted octanol–water partition coefficient (Wildman–Crippen LogP) is 1.54. The number of nitrogens with two attached hydrogens (primary N) is 1. The SMILES string of the molecule is CCNC(=O)c1cnc(-c2cccs2)nc1N. The molecule has 1 amide bonds. The Morgan fingerprint density at radius 1 is 1.59 bits per heavy atom. The third kappa shape index (κ3) is 2.42. The van der Waals surface area contributed by atoms with Gasteiger partial charge in [-0.1, -0.05) is 6.07 Å². The molecule has 0 aromatic carbocycles. The molecular weight excluding hydrogens is 236 g/mol. The topological polar surface area (TPSA) is 80.9 Å². The van der Waals surface area contributed by atoms with Crippen LogP contribution in [0.25, 0.3) is 10.7 Å². The molecule has 0 spiro atoms. The number of hydrogen-bond acceptors (Lipinski definition) is 5. The number of nitrogens with zero attached hydrogens (tertiary/aromatic N) is 2. The summed E-state index contributed by atoms with van der Waals surface area (Å²) in [5.74, 6) is 0.502. The highest BCUT2D eigenvalue weighted by molar-refractivity contribution is 7.13. The average molecular weight is 248 g/mol. The Morgan fingerprint density at radius 3 is 3.00 bits per heavy atom. The van der Waals surface area contributed by atoms with Gasteiger partial charge in [0, 0.05) is 12.7 Å². The molecule has 5 nitrogen and oxygen atoms in total. The number of carbonyl (C=O) groups is 1. The van der Waals surface area contributed by atoms with E-state index < -0.39 is 0 Å². The third-order valence-electron chi connectivity index (χ3n) is 2.14. The largest absolute Gasteiger partial charge is 0.383 e. The van der Waals surface area contributed by atoms with E-state index in [4.69, 9.17) is 5.73 Å². The Labute approximate surface area is 103 Å². The summed E-state index contributed by atoms with van der Waals surface area (Å²) in [4.78, 5) is 20.8. The van der Waals surface area contributed by atoms with Crippen molar-refractivity contribution in [3.63, 3.8) is 0 Å². The molecule has 0 unspecified atom stereocenters. The Balaban J connectivity index is 2.32. The quantitative estimate of drug-likeness (QED) is 0.863. The van der Waals surface area contributed by atoms with Crippen molar-refractivity contribution < 1.29 is 4.79 Å². The fraction of sp³-hybridized carbons (Fsp3) is 0.182. The molecule has 0 aliphatic rings. The molecule has 0 fully saturated rings. The maximum absolute atomic E-state index is 11.6. The first-order chi connectivity index (χ1) is 8.22. The van der Waals surface area contributed by atoms with E-state index in [2.05, 4.69) is 15.3 Å². The number of nitrogen functional groups attached to an aromatic ring is 1. The van der Waals surface area contributed by atoms with Crippen LogP contribution in [0.4, 0.5) is 5.82 Å². The lowest BCUT2D eigenvalue weighted by Gasteiger charge is -2.05. The Morgan fingerprint density at radius 2 is 2.41 bits per heavy atom. The number of carbonyl (C=O) groups excluding carboxylic acids is 1. The molecule has 3 N–H and O–H groups in total. The molecule has 0 bridgehead atoms. The Hall–Kier alpha value is -1.95. The number of nitrogens with one attached hydrogen (secondary N) is 1. The van der Waals surface area contributed by atoms with Gasteiger partial charge in [0.2, 0.25) is 0 Å². The lowest BCUT2D eigenvalue weighted by Crippen LogP contribution is -2.24. The molecule has 0 saturated heterocycles. The second-order valence-electron chi connectivity index (χ2n) is 3.33. The first-order valence-corrected chi connectivity index (χ1v) is 6.05. The van der Waals surface area contributed by atoms with Crippen molar-refractivity contribution in [2.45, 2.75) is 6.92 Å². The van der Waals surface area contributed by atoms with Gasteiger partial charge in [-0.15, -0.1) is 11.3 Å². The highest BCUT2D eigenvalue weighted by Gasteiger charge is 2.12. The molecule has 88 valence electrons. The summed E-state index contributed by atoms with van der Waals surface area (Å²) in [5.41, 5.74) is 6.06. The van der Waals surface area contributed by atoms with Crippen LogP contribution in [-0.2, 0) is 0 Å². The second kappa shape index (κ2) is 4.92. The van der Waals surface area contributed by atoms with E-state index in [1.807, 2.05) is 24.4 Å². The minimum absolute atomic E-state index is 0.203. The van der Waals surface area contributed by atoms with E-state index in [1.54, 1.807) is 0 Å². The van der Waals surface area contributed by atoms with Gasteiger partial charge < -0.3 is 11.1 Å². The fourth-order valence-electron chi connectivity index (χ4n) is 1.35. The molecule has 0 radical (unpaired) electrons.